The van der Waals surface area contributed by atoms with Crippen molar-refractivity contribution >= 4 is 27.0 Å². The molecule has 1 amide bonds. The molecule has 8 heteroatoms. The van der Waals surface area contributed by atoms with Gasteiger partial charge in [-0.05, 0) is 69.7 Å². The van der Waals surface area contributed by atoms with Crippen LogP contribution < -0.4 is 0 Å². The third-order valence-electron chi connectivity index (χ3n) is 6.92. The number of hydrogen-bond donors (Lipinski definition) is 1. The SMILES string of the molecule is CCOC(=O)N1C[C@@H](CCc2cc3ccccc3n2S(=O)(=O)c2ccc(C)cc2)C[C@@](O)(CC)C1. The van der Waals surface area contributed by atoms with Crippen LogP contribution in [0.3, 0.4) is 0 Å². The van der Waals surface area contributed by atoms with Gasteiger partial charge in [0.25, 0.3) is 10.0 Å². The maximum absolute atomic E-state index is 13.7. The minimum Gasteiger partial charge on any atom is -0.450 e. The highest BCUT2D eigenvalue weighted by Gasteiger charge is 2.39. The summed E-state index contributed by atoms with van der Waals surface area (Å²) in [4.78, 5) is 14.2. The number of benzene rings is 2. The number of aryl methyl sites for hydroxylation is 2. The molecule has 2 heterocycles. The predicted molar refractivity (Wildman–Crippen MR) is 136 cm³/mol. The lowest BCUT2D eigenvalue weighted by molar-refractivity contribution is -0.0530. The molecule has 0 radical (unpaired) electrons. The average molecular weight is 499 g/mol. The van der Waals surface area contributed by atoms with Crippen LogP contribution in [0.4, 0.5) is 4.79 Å². The summed E-state index contributed by atoms with van der Waals surface area (Å²) in [5, 5.41) is 11.9. The molecule has 0 unspecified atom stereocenters. The number of carbonyl (C=O) groups is 1. The number of fused-ring (bicyclic) bond motifs is 1. The topological polar surface area (TPSA) is 88.8 Å². The molecule has 1 aromatic heterocycles. The number of para-hydroxylation sites is 1. The Morgan fingerprint density at radius 1 is 1.14 bits per heavy atom. The van der Waals surface area contributed by atoms with Gasteiger partial charge < -0.3 is 14.7 Å². The summed E-state index contributed by atoms with van der Waals surface area (Å²) in [5.41, 5.74) is 1.36. The highest BCUT2D eigenvalue weighted by atomic mass is 32.2. The summed E-state index contributed by atoms with van der Waals surface area (Å²) in [7, 11) is -3.80. The summed E-state index contributed by atoms with van der Waals surface area (Å²) in [6.45, 7) is 6.61. The Morgan fingerprint density at radius 3 is 2.54 bits per heavy atom. The number of nitrogens with zero attached hydrogens (tertiary/aromatic N) is 2. The summed E-state index contributed by atoms with van der Waals surface area (Å²) in [5.74, 6) is 0.0200. The number of amides is 1. The zero-order valence-electron chi connectivity index (χ0n) is 20.6. The average Bonchev–Trinajstić information content (AvgIpc) is 3.22. The van der Waals surface area contributed by atoms with E-state index < -0.39 is 21.7 Å². The Labute approximate surface area is 207 Å². The Balaban J connectivity index is 1.65. The van der Waals surface area contributed by atoms with E-state index in [2.05, 4.69) is 0 Å². The minimum absolute atomic E-state index is 0.0200. The molecule has 188 valence electrons. The molecule has 7 nitrogen and oxygen atoms in total. The fourth-order valence-electron chi connectivity index (χ4n) is 5.01. The second kappa shape index (κ2) is 10.0. The number of ether oxygens (including phenoxy) is 1. The second-order valence-corrected chi connectivity index (χ2v) is 11.3. The summed E-state index contributed by atoms with van der Waals surface area (Å²) in [6.07, 6.45) is 1.81. The van der Waals surface area contributed by atoms with Crippen LogP contribution in [0.25, 0.3) is 10.9 Å². The number of carbonyl (C=O) groups excluding carboxylic acids is 1. The van der Waals surface area contributed by atoms with Crippen LogP contribution in [-0.4, -0.2) is 53.8 Å². The summed E-state index contributed by atoms with van der Waals surface area (Å²) < 4.78 is 34.0. The first-order chi connectivity index (χ1) is 16.7. The molecule has 0 saturated carbocycles. The first-order valence-electron chi connectivity index (χ1n) is 12.2. The van der Waals surface area contributed by atoms with Gasteiger partial charge in [0, 0.05) is 17.6 Å². The normalized spacial score (nSPS) is 20.8. The fraction of sp³-hybridized carbons (Fsp3) is 0.444. The number of hydrogen-bond acceptors (Lipinski definition) is 5. The van der Waals surface area contributed by atoms with Crippen molar-refractivity contribution in [3.8, 4) is 0 Å². The van der Waals surface area contributed by atoms with Crippen molar-refractivity contribution in [1.29, 1.82) is 0 Å². The molecule has 0 spiro atoms. The van der Waals surface area contributed by atoms with Crippen molar-refractivity contribution in [2.75, 3.05) is 19.7 Å². The van der Waals surface area contributed by atoms with E-state index in [0.29, 0.717) is 43.4 Å². The number of aliphatic hydroxyl groups is 1. The van der Waals surface area contributed by atoms with E-state index in [1.807, 2.05) is 44.2 Å². The van der Waals surface area contributed by atoms with Crippen LogP contribution in [0.5, 0.6) is 0 Å². The van der Waals surface area contributed by atoms with Gasteiger partial charge in [-0.15, -0.1) is 0 Å². The Kier molecular flexibility index (Phi) is 7.24. The van der Waals surface area contributed by atoms with Crippen molar-refractivity contribution in [3.05, 3.63) is 65.9 Å². The van der Waals surface area contributed by atoms with E-state index >= 15 is 0 Å². The summed E-state index contributed by atoms with van der Waals surface area (Å²) in [6, 6.07) is 16.3. The van der Waals surface area contributed by atoms with Crippen LogP contribution in [0.2, 0.25) is 0 Å². The van der Waals surface area contributed by atoms with E-state index in [1.165, 1.54) is 3.97 Å². The molecule has 0 bridgehead atoms. The maximum Gasteiger partial charge on any atom is 0.409 e. The zero-order chi connectivity index (χ0) is 25.2. The van der Waals surface area contributed by atoms with Gasteiger partial charge in [0.2, 0.25) is 0 Å². The van der Waals surface area contributed by atoms with E-state index in [0.717, 1.165) is 10.9 Å². The lowest BCUT2D eigenvalue weighted by Gasteiger charge is -2.42. The molecule has 4 rings (SSSR count). The van der Waals surface area contributed by atoms with Crippen LogP contribution in [-0.2, 0) is 21.2 Å². The van der Waals surface area contributed by atoms with Crippen LogP contribution in [0.1, 0.15) is 44.4 Å². The van der Waals surface area contributed by atoms with Gasteiger partial charge >= 0.3 is 6.09 Å². The first-order valence-corrected chi connectivity index (χ1v) is 13.7. The van der Waals surface area contributed by atoms with Gasteiger partial charge in [0.15, 0.2) is 0 Å². The van der Waals surface area contributed by atoms with Crippen LogP contribution in [0.15, 0.2) is 59.5 Å². The molecule has 1 aliphatic heterocycles. The molecule has 2 aromatic carbocycles. The number of piperidine rings is 1. The van der Waals surface area contributed by atoms with Gasteiger partial charge in [-0.2, -0.15) is 0 Å². The minimum atomic E-state index is -3.80. The Bertz CT molecular complexity index is 1300. The fourth-order valence-corrected chi connectivity index (χ4v) is 6.58. The first kappa shape index (κ1) is 25.3. The lowest BCUT2D eigenvalue weighted by atomic mass is 9.81. The van der Waals surface area contributed by atoms with Crippen molar-refractivity contribution in [2.45, 2.75) is 57.0 Å². The quantitative estimate of drug-likeness (QED) is 0.508. The molecular formula is C27H34N2O5S. The van der Waals surface area contributed by atoms with Crippen molar-refractivity contribution in [2.24, 2.45) is 5.92 Å². The molecule has 1 saturated heterocycles. The standard InChI is InChI=1S/C27H34N2O5S/c1-4-27(31)17-21(18-28(19-27)26(30)34-5-2)12-13-23-16-22-8-6-7-9-25(22)29(23)35(32,33)24-14-10-20(3)11-15-24/h6-11,14-16,21,31H,4-5,12-13,17-19H2,1-3H3/t21-,27-/m0/s1. The number of likely N-dealkylation sites (tertiary alicyclic amines) is 1. The van der Waals surface area contributed by atoms with Crippen molar-refractivity contribution in [1.82, 2.24) is 8.87 Å². The molecular weight excluding hydrogens is 464 g/mol. The Hall–Kier alpha value is -2.84. The van der Waals surface area contributed by atoms with Gasteiger partial charge in [0.05, 0.1) is 29.2 Å². The molecule has 3 aromatic rings. The molecule has 0 aliphatic carbocycles. The zero-order valence-corrected chi connectivity index (χ0v) is 21.4. The number of aromatic nitrogens is 1. The van der Waals surface area contributed by atoms with Gasteiger partial charge in [-0.25, -0.2) is 17.2 Å². The maximum atomic E-state index is 13.7. The van der Waals surface area contributed by atoms with Crippen molar-refractivity contribution < 1.29 is 23.1 Å². The van der Waals surface area contributed by atoms with Crippen LogP contribution >= 0.6 is 0 Å². The van der Waals surface area contributed by atoms with E-state index in [4.69, 9.17) is 4.74 Å². The highest BCUT2D eigenvalue weighted by Crippen LogP contribution is 2.33. The van der Waals surface area contributed by atoms with E-state index in [9.17, 15) is 18.3 Å². The summed E-state index contributed by atoms with van der Waals surface area (Å²) >= 11 is 0. The molecule has 1 fully saturated rings. The number of β-amino-alcohol motifs (C(OH)–C–C–N with tert-alkyl or cyclic N) is 1. The van der Waals surface area contributed by atoms with E-state index in [-0.39, 0.29) is 24.0 Å². The molecule has 2 atom stereocenters. The third-order valence-corrected chi connectivity index (χ3v) is 8.70. The number of rotatable bonds is 7. The third kappa shape index (κ3) is 5.23. The second-order valence-electron chi connectivity index (χ2n) is 9.54. The largest absolute Gasteiger partial charge is 0.450 e. The van der Waals surface area contributed by atoms with E-state index in [1.54, 1.807) is 36.1 Å². The molecule has 1 aliphatic rings. The van der Waals surface area contributed by atoms with Crippen LogP contribution in [0, 0.1) is 12.8 Å². The lowest BCUT2D eigenvalue weighted by Crippen LogP contribution is -2.53. The van der Waals surface area contributed by atoms with Gasteiger partial charge in [-0.3, -0.25) is 0 Å². The molecule has 1 N–H and O–H groups in total. The van der Waals surface area contributed by atoms with Gasteiger partial charge in [0.1, 0.15) is 0 Å². The molecule has 35 heavy (non-hydrogen) atoms. The Morgan fingerprint density at radius 2 is 1.86 bits per heavy atom. The predicted octanol–water partition coefficient (Wildman–Crippen LogP) is 4.74. The van der Waals surface area contributed by atoms with Crippen molar-refractivity contribution in [3.63, 3.8) is 0 Å². The van der Waals surface area contributed by atoms with Gasteiger partial charge in [-0.1, -0.05) is 42.8 Å². The highest BCUT2D eigenvalue weighted by molar-refractivity contribution is 7.90. The smallest absolute Gasteiger partial charge is 0.409 e. The monoisotopic (exact) mass is 498 g/mol.